The fraction of sp³-hybridized carbons (Fsp3) is 0.0370. The molecule has 266 valence electrons. The van der Waals surface area contributed by atoms with Gasteiger partial charge >= 0.3 is 0 Å². The van der Waals surface area contributed by atoms with E-state index in [-0.39, 0.29) is 0 Å². The van der Waals surface area contributed by atoms with Gasteiger partial charge in [0, 0.05) is 27.8 Å². The van der Waals surface area contributed by atoms with E-state index in [0.717, 1.165) is 0 Å². The number of nitrogens with zero attached hydrogens (tertiary/aromatic N) is 1. The van der Waals surface area contributed by atoms with Gasteiger partial charge in [0.05, 0.1) is 5.41 Å². The first kappa shape index (κ1) is 33.8. The molecule has 1 nitrogen and oxygen atoms in total. The van der Waals surface area contributed by atoms with E-state index < -0.39 is 13.5 Å². The third kappa shape index (κ3) is 4.93. The highest BCUT2D eigenvalue weighted by molar-refractivity contribution is 7.20. The lowest BCUT2D eigenvalue weighted by atomic mass is 9.63. The molecular weight excluding hydrogens is 691 g/mol. The van der Waals surface area contributed by atoms with E-state index in [1.54, 1.807) is 0 Å². The highest BCUT2D eigenvalue weighted by Crippen LogP contribution is 2.56. The SMILES string of the molecule is Cc1c2c(c([Si](c3ccccc3)(c3ccccc3)c3ccccc3)n1-c1ccccc1)-c1ccccc1C(c1ccccc1)(c1ccccc1)c1ccccc1-2. The predicted octanol–water partition coefficient (Wildman–Crippen LogP) is 10.2. The van der Waals surface area contributed by atoms with Crippen LogP contribution in [0.3, 0.4) is 0 Å². The van der Waals surface area contributed by atoms with Crippen molar-refractivity contribution in [2.75, 3.05) is 0 Å². The Morgan fingerprint density at radius 3 is 1.12 bits per heavy atom. The highest BCUT2D eigenvalue weighted by atomic mass is 28.3. The van der Waals surface area contributed by atoms with E-state index in [0.29, 0.717) is 0 Å². The van der Waals surface area contributed by atoms with Crippen LogP contribution >= 0.6 is 0 Å². The van der Waals surface area contributed by atoms with Crippen LogP contribution in [0.25, 0.3) is 27.9 Å². The standard InChI is InChI=1S/C54H41NSi/c1-40-51-47-36-20-22-38-49(47)54(41-24-8-2-9-25-41,42-26-10-3-11-27-42)50-39-23-21-37-48(50)52(51)53(55(40)43-28-12-4-13-29-43)56(44-30-14-5-15-31-44,45-32-16-6-17-33-45)46-34-18-7-19-35-46/h2-39H,1H3. The van der Waals surface area contributed by atoms with E-state index in [9.17, 15) is 0 Å². The Morgan fingerprint density at radius 2 is 0.696 bits per heavy atom. The van der Waals surface area contributed by atoms with Crippen molar-refractivity contribution in [3.63, 3.8) is 0 Å². The molecule has 1 heterocycles. The summed E-state index contributed by atoms with van der Waals surface area (Å²) < 4.78 is 2.63. The second kappa shape index (κ2) is 13.8. The van der Waals surface area contributed by atoms with Gasteiger partial charge in [0.25, 0.3) is 0 Å². The first-order valence-corrected chi connectivity index (χ1v) is 21.5. The van der Waals surface area contributed by atoms with Gasteiger partial charge < -0.3 is 4.57 Å². The Hall–Kier alpha value is -6.74. The van der Waals surface area contributed by atoms with Crippen LogP contribution in [0.1, 0.15) is 27.9 Å². The summed E-state index contributed by atoms with van der Waals surface area (Å²) in [6.45, 7) is 2.35. The van der Waals surface area contributed by atoms with Gasteiger partial charge in [0.1, 0.15) is 0 Å². The average Bonchev–Trinajstić information content (AvgIpc) is 3.52. The second-order valence-corrected chi connectivity index (χ2v) is 18.5. The summed E-state index contributed by atoms with van der Waals surface area (Å²) in [4.78, 5) is 0. The minimum Gasteiger partial charge on any atom is -0.320 e. The van der Waals surface area contributed by atoms with Crippen molar-refractivity contribution < 1.29 is 0 Å². The largest absolute Gasteiger partial charge is 0.320 e. The molecule has 0 saturated carbocycles. The molecule has 0 spiro atoms. The summed E-state index contributed by atoms with van der Waals surface area (Å²) in [7, 11) is -3.14. The molecule has 9 aromatic rings. The van der Waals surface area contributed by atoms with Gasteiger partial charge in [-0.25, -0.2) is 0 Å². The molecule has 0 fully saturated rings. The Bertz CT molecular complexity index is 2640. The molecule has 0 radical (unpaired) electrons. The molecule has 10 rings (SSSR count). The summed E-state index contributed by atoms with van der Waals surface area (Å²) in [5.74, 6) is 0. The fourth-order valence-corrected chi connectivity index (χ4v) is 15.0. The molecule has 0 saturated heterocycles. The van der Waals surface area contributed by atoms with Crippen molar-refractivity contribution in [3.8, 4) is 27.9 Å². The Morgan fingerprint density at radius 1 is 0.357 bits per heavy atom. The van der Waals surface area contributed by atoms with Gasteiger partial charge in [-0.3, -0.25) is 0 Å². The summed E-state index contributed by atoms with van der Waals surface area (Å²) >= 11 is 0. The van der Waals surface area contributed by atoms with Crippen LogP contribution in [0.2, 0.25) is 0 Å². The second-order valence-electron chi connectivity index (χ2n) is 14.8. The molecule has 0 unspecified atom stereocenters. The third-order valence-electron chi connectivity index (χ3n) is 12.0. The number of para-hydroxylation sites is 1. The topological polar surface area (TPSA) is 4.93 Å². The van der Waals surface area contributed by atoms with Gasteiger partial charge in [0.15, 0.2) is 0 Å². The summed E-state index contributed by atoms with van der Waals surface area (Å²) in [6, 6.07) is 86.0. The lowest BCUT2D eigenvalue weighted by molar-refractivity contribution is 0.751. The lowest BCUT2D eigenvalue weighted by Crippen LogP contribution is -2.76. The summed E-state index contributed by atoms with van der Waals surface area (Å²) in [5.41, 5.74) is 12.0. The maximum Gasteiger partial charge on any atom is 0.200 e. The van der Waals surface area contributed by atoms with Crippen LogP contribution in [-0.2, 0) is 5.41 Å². The van der Waals surface area contributed by atoms with Gasteiger partial charge in [-0.05, 0) is 68.0 Å². The van der Waals surface area contributed by atoms with Gasteiger partial charge in [-0.1, -0.05) is 218 Å². The smallest absolute Gasteiger partial charge is 0.200 e. The van der Waals surface area contributed by atoms with Gasteiger partial charge in [0.2, 0.25) is 8.07 Å². The number of hydrogen-bond acceptors (Lipinski definition) is 0. The van der Waals surface area contributed by atoms with E-state index in [2.05, 4.69) is 242 Å². The summed E-state index contributed by atoms with van der Waals surface area (Å²) in [6.07, 6.45) is 0. The predicted molar refractivity (Wildman–Crippen MR) is 237 cm³/mol. The minimum atomic E-state index is -3.14. The van der Waals surface area contributed by atoms with Crippen molar-refractivity contribution in [2.45, 2.75) is 12.3 Å². The minimum absolute atomic E-state index is 0.598. The third-order valence-corrected chi connectivity index (χ3v) is 16.8. The van der Waals surface area contributed by atoms with E-state index >= 15 is 0 Å². The molecule has 0 N–H and O–H groups in total. The number of hydrogen-bond donors (Lipinski definition) is 0. The maximum atomic E-state index is 2.63. The number of aromatic nitrogens is 1. The molecule has 56 heavy (non-hydrogen) atoms. The van der Waals surface area contributed by atoms with Crippen molar-refractivity contribution in [2.24, 2.45) is 0 Å². The van der Waals surface area contributed by atoms with E-state index in [1.165, 1.54) is 76.8 Å². The van der Waals surface area contributed by atoms with Crippen LogP contribution < -0.4 is 20.9 Å². The molecule has 0 aliphatic heterocycles. The van der Waals surface area contributed by atoms with Crippen LogP contribution in [0, 0.1) is 6.92 Å². The Balaban J connectivity index is 1.49. The van der Waals surface area contributed by atoms with Crippen molar-refractivity contribution >= 4 is 29.0 Å². The van der Waals surface area contributed by atoms with Gasteiger partial charge in [-0.2, -0.15) is 0 Å². The molecule has 1 aliphatic carbocycles. The quantitative estimate of drug-likeness (QED) is 0.114. The van der Waals surface area contributed by atoms with Crippen LogP contribution in [0.15, 0.2) is 231 Å². The fourth-order valence-electron chi connectivity index (χ4n) is 9.88. The van der Waals surface area contributed by atoms with Crippen LogP contribution in [0.5, 0.6) is 0 Å². The normalized spacial score (nSPS) is 12.9. The molecule has 0 bridgehead atoms. The average molecular weight is 732 g/mol. The first-order valence-electron chi connectivity index (χ1n) is 19.5. The zero-order chi connectivity index (χ0) is 37.5. The first-order chi connectivity index (χ1) is 27.8. The van der Waals surface area contributed by atoms with Crippen LogP contribution in [-0.4, -0.2) is 12.6 Å². The number of rotatable bonds is 7. The highest BCUT2D eigenvalue weighted by Gasteiger charge is 2.51. The zero-order valence-corrected chi connectivity index (χ0v) is 32.4. The molecule has 1 aromatic heterocycles. The zero-order valence-electron chi connectivity index (χ0n) is 31.4. The van der Waals surface area contributed by atoms with Gasteiger partial charge in [-0.15, -0.1) is 0 Å². The summed E-state index contributed by atoms with van der Waals surface area (Å²) in [5, 5.41) is 5.41. The molecule has 0 atom stereocenters. The monoisotopic (exact) mass is 731 g/mol. The Kier molecular flexibility index (Phi) is 8.35. The Labute approximate surface area is 330 Å². The molecular formula is C54H41NSi. The van der Waals surface area contributed by atoms with Crippen LogP contribution in [0.4, 0.5) is 0 Å². The van der Waals surface area contributed by atoms with Crippen molar-refractivity contribution in [1.82, 2.24) is 4.57 Å². The van der Waals surface area contributed by atoms with E-state index in [1.807, 2.05) is 0 Å². The van der Waals surface area contributed by atoms with E-state index in [4.69, 9.17) is 0 Å². The van der Waals surface area contributed by atoms with Crippen molar-refractivity contribution in [1.29, 1.82) is 0 Å². The molecule has 1 aliphatic rings. The van der Waals surface area contributed by atoms with Crippen molar-refractivity contribution in [3.05, 3.63) is 258 Å². The lowest BCUT2D eigenvalue weighted by Gasteiger charge is -2.39. The number of fused-ring (bicyclic) bond motifs is 5. The number of benzene rings is 8. The molecule has 0 amide bonds. The maximum absolute atomic E-state index is 3.14. The molecule has 8 aromatic carbocycles. The molecule has 2 heteroatoms.